The number of rotatable bonds is 7. The molecular weight excluding hydrogens is 345 g/mol. The summed E-state index contributed by atoms with van der Waals surface area (Å²) in [4.78, 5) is -0.309. The number of nitrogens with one attached hydrogen (secondary N) is 1. The van der Waals surface area contributed by atoms with Crippen LogP contribution in [-0.2, 0) is 10.0 Å². The van der Waals surface area contributed by atoms with Gasteiger partial charge in [0, 0.05) is 10.5 Å². The fraction of sp³-hybridized carbons (Fsp3) is 0.571. The zero-order chi connectivity index (χ0) is 15.3. The van der Waals surface area contributed by atoms with Crippen LogP contribution in [0.3, 0.4) is 0 Å². The summed E-state index contributed by atoms with van der Waals surface area (Å²) in [6.07, 6.45) is 2.75. The lowest BCUT2D eigenvalue weighted by Gasteiger charge is -2.15. The van der Waals surface area contributed by atoms with Gasteiger partial charge in [-0.3, -0.25) is 0 Å². The molecule has 0 bridgehead atoms. The van der Waals surface area contributed by atoms with Gasteiger partial charge in [0.2, 0.25) is 10.0 Å². The molecule has 6 heteroatoms. The minimum atomic E-state index is -3.80. The highest BCUT2D eigenvalue weighted by Crippen LogP contribution is 2.20. The molecule has 0 heterocycles. The molecule has 1 rings (SSSR count). The maximum absolute atomic E-state index is 13.7. The highest BCUT2D eigenvalue weighted by molar-refractivity contribution is 9.10. The zero-order valence-corrected chi connectivity index (χ0v) is 14.4. The fourth-order valence-electron chi connectivity index (χ4n) is 1.91. The molecule has 1 atom stereocenters. The fourth-order valence-corrected chi connectivity index (χ4v) is 3.58. The van der Waals surface area contributed by atoms with Gasteiger partial charge in [-0.1, -0.05) is 42.6 Å². The molecule has 0 aliphatic heterocycles. The van der Waals surface area contributed by atoms with E-state index in [4.69, 9.17) is 0 Å². The predicted molar refractivity (Wildman–Crippen MR) is 82.6 cm³/mol. The highest BCUT2D eigenvalue weighted by atomic mass is 79.9. The standard InChI is InChI=1S/C14H21BrFNO2S/c1-10(2)5-4-6-11(3)17-20(18,19)14-8-7-12(15)9-13(14)16/h7-11,17H,4-6H2,1-3H3. The molecule has 1 aromatic carbocycles. The summed E-state index contributed by atoms with van der Waals surface area (Å²) in [5.41, 5.74) is 0. The molecule has 0 amide bonds. The van der Waals surface area contributed by atoms with E-state index < -0.39 is 15.8 Å². The molecule has 1 N–H and O–H groups in total. The molecule has 114 valence electrons. The van der Waals surface area contributed by atoms with Gasteiger partial charge in [0.1, 0.15) is 10.7 Å². The number of benzene rings is 1. The van der Waals surface area contributed by atoms with E-state index in [-0.39, 0.29) is 10.9 Å². The number of hydrogen-bond acceptors (Lipinski definition) is 2. The second-order valence-electron chi connectivity index (χ2n) is 5.42. The summed E-state index contributed by atoms with van der Waals surface area (Å²) in [5, 5.41) is 0. The molecule has 1 unspecified atom stereocenters. The molecule has 1 aromatic rings. The third-order valence-corrected chi connectivity index (χ3v) is 5.07. The highest BCUT2D eigenvalue weighted by Gasteiger charge is 2.21. The smallest absolute Gasteiger partial charge is 0.208 e. The van der Waals surface area contributed by atoms with Crippen LogP contribution >= 0.6 is 15.9 Å². The molecule has 0 aliphatic carbocycles. The van der Waals surface area contributed by atoms with Crippen molar-refractivity contribution in [3.63, 3.8) is 0 Å². The summed E-state index contributed by atoms with van der Waals surface area (Å²) in [7, 11) is -3.80. The molecule has 0 radical (unpaired) electrons. The van der Waals surface area contributed by atoms with Crippen LogP contribution in [0, 0.1) is 11.7 Å². The van der Waals surface area contributed by atoms with Crippen molar-refractivity contribution >= 4 is 26.0 Å². The Labute approximate surface area is 129 Å². The van der Waals surface area contributed by atoms with Crippen molar-refractivity contribution in [2.24, 2.45) is 5.92 Å². The monoisotopic (exact) mass is 365 g/mol. The largest absolute Gasteiger partial charge is 0.243 e. The summed E-state index contributed by atoms with van der Waals surface area (Å²) >= 11 is 3.11. The van der Waals surface area contributed by atoms with Crippen LogP contribution in [0.5, 0.6) is 0 Å². The Morgan fingerprint density at radius 1 is 1.25 bits per heavy atom. The maximum atomic E-state index is 13.7. The normalized spacial score (nSPS) is 13.7. The molecule has 3 nitrogen and oxygen atoms in total. The summed E-state index contributed by atoms with van der Waals surface area (Å²) in [6.45, 7) is 6.06. The van der Waals surface area contributed by atoms with Crippen molar-refractivity contribution in [2.45, 2.75) is 51.0 Å². The first-order chi connectivity index (χ1) is 9.22. The average Bonchev–Trinajstić information content (AvgIpc) is 2.26. The van der Waals surface area contributed by atoms with Crippen molar-refractivity contribution in [3.05, 3.63) is 28.5 Å². The van der Waals surface area contributed by atoms with Gasteiger partial charge in [0.25, 0.3) is 0 Å². The Hall–Kier alpha value is -0.460. The van der Waals surface area contributed by atoms with Crippen molar-refractivity contribution in [1.82, 2.24) is 4.72 Å². The molecule has 0 aliphatic rings. The van der Waals surface area contributed by atoms with Gasteiger partial charge in [0.05, 0.1) is 0 Å². The minimum Gasteiger partial charge on any atom is -0.208 e. The van der Waals surface area contributed by atoms with E-state index in [2.05, 4.69) is 34.5 Å². The van der Waals surface area contributed by atoms with Crippen LogP contribution < -0.4 is 4.72 Å². The first-order valence-corrected chi connectivity index (χ1v) is 8.97. The lowest BCUT2D eigenvalue weighted by Crippen LogP contribution is -2.33. The summed E-state index contributed by atoms with van der Waals surface area (Å²) in [5.74, 6) is -0.149. The van der Waals surface area contributed by atoms with Crippen LogP contribution in [-0.4, -0.2) is 14.5 Å². The van der Waals surface area contributed by atoms with E-state index in [1.807, 2.05) is 0 Å². The number of halogens is 2. The third-order valence-electron chi connectivity index (χ3n) is 2.96. The van der Waals surface area contributed by atoms with Crippen molar-refractivity contribution in [3.8, 4) is 0 Å². The Morgan fingerprint density at radius 2 is 1.90 bits per heavy atom. The predicted octanol–water partition coefficient (Wildman–Crippen LogP) is 4.08. The van der Waals surface area contributed by atoms with Crippen LogP contribution in [0.1, 0.15) is 40.0 Å². The molecule has 0 aromatic heterocycles. The SMILES string of the molecule is CC(C)CCCC(C)NS(=O)(=O)c1ccc(Br)cc1F. The second-order valence-corrected chi connectivity index (χ2v) is 8.02. The van der Waals surface area contributed by atoms with Gasteiger partial charge in [-0.15, -0.1) is 0 Å². The minimum absolute atomic E-state index is 0.207. The van der Waals surface area contributed by atoms with Crippen molar-refractivity contribution in [1.29, 1.82) is 0 Å². The lowest BCUT2D eigenvalue weighted by molar-refractivity contribution is 0.486. The maximum Gasteiger partial charge on any atom is 0.243 e. The van der Waals surface area contributed by atoms with Gasteiger partial charge in [-0.05, 0) is 37.5 Å². The van der Waals surface area contributed by atoms with Gasteiger partial charge in [0.15, 0.2) is 0 Å². The molecule has 0 spiro atoms. The summed E-state index contributed by atoms with van der Waals surface area (Å²) < 4.78 is 41.0. The first kappa shape index (κ1) is 17.6. The number of hydrogen-bond donors (Lipinski definition) is 1. The Bertz CT molecular complexity index is 546. The van der Waals surface area contributed by atoms with E-state index in [0.717, 1.165) is 25.3 Å². The van der Waals surface area contributed by atoms with Gasteiger partial charge in [-0.2, -0.15) is 0 Å². The zero-order valence-electron chi connectivity index (χ0n) is 12.0. The van der Waals surface area contributed by atoms with Crippen LogP contribution in [0.15, 0.2) is 27.6 Å². The van der Waals surface area contributed by atoms with Crippen molar-refractivity contribution < 1.29 is 12.8 Å². The van der Waals surface area contributed by atoms with E-state index in [9.17, 15) is 12.8 Å². The van der Waals surface area contributed by atoms with E-state index in [1.165, 1.54) is 12.1 Å². The molecule has 0 saturated carbocycles. The van der Waals surface area contributed by atoms with Crippen LogP contribution in [0.25, 0.3) is 0 Å². The Morgan fingerprint density at radius 3 is 2.45 bits per heavy atom. The summed E-state index contributed by atoms with van der Waals surface area (Å²) in [6, 6.07) is 3.73. The van der Waals surface area contributed by atoms with E-state index in [0.29, 0.717) is 10.4 Å². The van der Waals surface area contributed by atoms with Gasteiger partial charge in [-0.25, -0.2) is 17.5 Å². The van der Waals surface area contributed by atoms with Crippen molar-refractivity contribution in [2.75, 3.05) is 0 Å². The van der Waals surface area contributed by atoms with E-state index >= 15 is 0 Å². The molecular formula is C14H21BrFNO2S. The van der Waals surface area contributed by atoms with Gasteiger partial charge < -0.3 is 0 Å². The molecule has 0 fully saturated rings. The first-order valence-electron chi connectivity index (χ1n) is 6.69. The van der Waals surface area contributed by atoms with Gasteiger partial charge >= 0.3 is 0 Å². The van der Waals surface area contributed by atoms with Crippen LogP contribution in [0.2, 0.25) is 0 Å². The molecule has 20 heavy (non-hydrogen) atoms. The average molecular weight is 366 g/mol. The quantitative estimate of drug-likeness (QED) is 0.790. The number of sulfonamides is 1. The Kier molecular flexibility index (Phi) is 6.61. The Balaban J connectivity index is 2.69. The second kappa shape index (κ2) is 7.52. The van der Waals surface area contributed by atoms with E-state index in [1.54, 1.807) is 6.92 Å². The lowest BCUT2D eigenvalue weighted by atomic mass is 10.0. The molecule has 0 saturated heterocycles. The third kappa shape index (κ3) is 5.50. The van der Waals surface area contributed by atoms with Crippen LogP contribution in [0.4, 0.5) is 4.39 Å². The topological polar surface area (TPSA) is 46.2 Å².